The van der Waals surface area contributed by atoms with E-state index >= 15 is 0 Å². The first-order valence-corrected chi connectivity index (χ1v) is 7.64. The first-order chi connectivity index (χ1) is 9.31. The lowest BCUT2D eigenvalue weighted by Gasteiger charge is -2.40. The number of carbonyl (C=O) groups is 1. The molecule has 3 rings (SSSR count). The fourth-order valence-corrected chi connectivity index (χ4v) is 3.83. The number of hydrogen-bond acceptors (Lipinski definition) is 2. The van der Waals surface area contributed by atoms with Crippen LogP contribution >= 0.6 is 12.4 Å². The summed E-state index contributed by atoms with van der Waals surface area (Å²) in [6.07, 6.45) is 7.80. The molecule has 0 unspecified atom stereocenters. The standard InChI is InChI=1S/C17H23NO.ClH/c19-16-10-14-18(17(16)11-5-2-6-12-17)13-9-15-7-3-1-4-8-15;/h1,3-4,7-8H,2,5-6,9-14H2;1H. The smallest absolute Gasteiger partial charge is 0.154 e. The van der Waals surface area contributed by atoms with Gasteiger partial charge in [-0.15, -0.1) is 12.4 Å². The first kappa shape index (κ1) is 15.5. The van der Waals surface area contributed by atoms with Crippen LogP contribution in [0.3, 0.4) is 0 Å². The van der Waals surface area contributed by atoms with Crippen molar-refractivity contribution in [2.75, 3.05) is 13.1 Å². The Morgan fingerprint density at radius 1 is 1.05 bits per heavy atom. The van der Waals surface area contributed by atoms with Gasteiger partial charge in [-0.1, -0.05) is 49.6 Å². The molecule has 2 aliphatic rings. The summed E-state index contributed by atoms with van der Waals surface area (Å²) in [6, 6.07) is 10.6. The second-order valence-electron chi connectivity index (χ2n) is 5.99. The van der Waals surface area contributed by atoms with Crippen LogP contribution in [0.4, 0.5) is 0 Å². The molecule has 2 fully saturated rings. The quantitative estimate of drug-likeness (QED) is 0.848. The minimum atomic E-state index is -0.0764. The minimum Gasteiger partial charge on any atom is -0.298 e. The Bertz CT molecular complexity index is 440. The second kappa shape index (κ2) is 6.73. The highest BCUT2D eigenvalue weighted by Crippen LogP contribution is 2.39. The molecule has 1 aromatic carbocycles. The maximum Gasteiger partial charge on any atom is 0.154 e. The molecule has 110 valence electrons. The highest BCUT2D eigenvalue weighted by atomic mass is 35.5. The van der Waals surface area contributed by atoms with Crippen molar-refractivity contribution in [1.82, 2.24) is 4.90 Å². The second-order valence-corrected chi connectivity index (χ2v) is 5.99. The molecule has 1 spiro atoms. The van der Waals surface area contributed by atoms with Gasteiger partial charge in [-0.05, 0) is 24.8 Å². The molecule has 2 nitrogen and oxygen atoms in total. The highest BCUT2D eigenvalue weighted by Gasteiger charge is 2.47. The molecule has 0 radical (unpaired) electrons. The minimum absolute atomic E-state index is 0. The Morgan fingerprint density at radius 3 is 2.45 bits per heavy atom. The molecule has 0 atom stereocenters. The Hall–Kier alpha value is -0.860. The molecule has 3 heteroatoms. The number of benzene rings is 1. The van der Waals surface area contributed by atoms with Crippen LogP contribution in [0.25, 0.3) is 0 Å². The van der Waals surface area contributed by atoms with Gasteiger partial charge in [0.25, 0.3) is 0 Å². The van der Waals surface area contributed by atoms with E-state index in [9.17, 15) is 4.79 Å². The monoisotopic (exact) mass is 293 g/mol. The van der Waals surface area contributed by atoms with Crippen molar-refractivity contribution < 1.29 is 4.79 Å². The van der Waals surface area contributed by atoms with Gasteiger partial charge in [-0.2, -0.15) is 0 Å². The number of nitrogens with zero attached hydrogens (tertiary/aromatic N) is 1. The lowest BCUT2D eigenvalue weighted by molar-refractivity contribution is -0.126. The van der Waals surface area contributed by atoms with E-state index in [1.165, 1.54) is 24.8 Å². The van der Waals surface area contributed by atoms with Crippen LogP contribution in [-0.2, 0) is 11.2 Å². The van der Waals surface area contributed by atoms with Gasteiger partial charge in [0.1, 0.15) is 0 Å². The highest BCUT2D eigenvalue weighted by molar-refractivity contribution is 5.90. The van der Waals surface area contributed by atoms with Crippen LogP contribution < -0.4 is 0 Å². The summed E-state index contributed by atoms with van der Waals surface area (Å²) < 4.78 is 0. The molecular weight excluding hydrogens is 270 g/mol. The molecule has 1 heterocycles. The molecule has 1 aliphatic carbocycles. The van der Waals surface area contributed by atoms with E-state index < -0.39 is 0 Å². The molecule has 20 heavy (non-hydrogen) atoms. The average molecular weight is 294 g/mol. The molecule has 1 saturated heterocycles. The number of hydrogen-bond donors (Lipinski definition) is 0. The van der Waals surface area contributed by atoms with Crippen molar-refractivity contribution in [3.63, 3.8) is 0 Å². The SMILES string of the molecule is Cl.O=C1CCN(CCc2ccccc2)C12CCCCC2. The number of halogens is 1. The summed E-state index contributed by atoms with van der Waals surface area (Å²) in [6.45, 7) is 2.02. The maximum absolute atomic E-state index is 12.3. The van der Waals surface area contributed by atoms with Crippen LogP contribution in [0.1, 0.15) is 44.1 Å². The van der Waals surface area contributed by atoms with Gasteiger partial charge >= 0.3 is 0 Å². The third kappa shape index (κ3) is 2.91. The normalized spacial score (nSPS) is 21.9. The Morgan fingerprint density at radius 2 is 1.75 bits per heavy atom. The fraction of sp³-hybridized carbons (Fsp3) is 0.588. The van der Waals surface area contributed by atoms with E-state index in [0.29, 0.717) is 5.78 Å². The van der Waals surface area contributed by atoms with E-state index in [2.05, 4.69) is 35.2 Å². The molecular formula is C17H24ClNO. The van der Waals surface area contributed by atoms with Gasteiger partial charge in [0.15, 0.2) is 5.78 Å². The summed E-state index contributed by atoms with van der Waals surface area (Å²) >= 11 is 0. The lowest BCUT2D eigenvalue weighted by atomic mass is 9.79. The van der Waals surface area contributed by atoms with E-state index in [1.54, 1.807) is 0 Å². The van der Waals surface area contributed by atoms with Crippen molar-refractivity contribution in [3.05, 3.63) is 35.9 Å². The van der Waals surface area contributed by atoms with E-state index in [4.69, 9.17) is 0 Å². The zero-order chi connectivity index (χ0) is 13.1. The number of carbonyl (C=O) groups excluding carboxylic acids is 1. The largest absolute Gasteiger partial charge is 0.298 e. The zero-order valence-corrected chi connectivity index (χ0v) is 12.8. The fourth-order valence-electron chi connectivity index (χ4n) is 3.83. The van der Waals surface area contributed by atoms with Crippen molar-refractivity contribution in [1.29, 1.82) is 0 Å². The number of likely N-dealkylation sites (tertiary alicyclic amines) is 1. The first-order valence-electron chi connectivity index (χ1n) is 7.64. The summed E-state index contributed by atoms with van der Waals surface area (Å²) in [5.74, 6) is 0.514. The molecule has 0 aromatic heterocycles. The van der Waals surface area contributed by atoms with Crippen molar-refractivity contribution >= 4 is 18.2 Å². The summed E-state index contributed by atoms with van der Waals surface area (Å²) in [5, 5.41) is 0. The van der Waals surface area contributed by atoms with Crippen LogP contribution in [-0.4, -0.2) is 29.3 Å². The average Bonchev–Trinajstić information content (AvgIpc) is 2.76. The van der Waals surface area contributed by atoms with Gasteiger partial charge in [0.2, 0.25) is 0 Å². The summed E-state index contributed by atoms with van der Waals surface area (Å²) in [5.41, 5.74) is 1.31. The number of rotatable bonds is 3. The summed E-state index contributed by atoms with van der Waals surface area (Å²) in [7, 11) is 0. The van der Waals surface area contributed by atoms with Crippen LogP contribution in [0.15, 0.2) is 30.3 Å². The van der Waals surface area contributed by atoms with Gasteiger partial charge in [-0.3, -0.25) is 9.69 Å². The van der Waals surface area contributed by atoms with Crippen LogP contribution in [0, 0.1) is 0 Å². The number of Topliss-reactive ketones (excluding diaryl/α,β-unsaturated/α-hetero) is 1. The topological polar surface area (TPSA) is 20.3 Å². The lowest BCUT2D eigenvalue weighted by Crippen LogP contribution is -2.50. The Kier molecular flexibility index (Phi) is 5.22. The molecule has 1 saturated carbocycles. The predicted molar refractivity (Wildman–Crippen MR) is 84.4 cm³/mol. The van der Waals surface area contributed by atoms with E-state index in [1.807, 2.05) is 0 Å². The predicted octanol–water partition coefficient (Wildman–Crippen LogP) is 3.63. The third-order valence-corrected chi connectivity index (χ3v) is 4.93. The molecule has 0 amide bonds. The van der Waals surface area contributed by atoms with Crippen molar-refractivity contribution in [2.24, 2.45) is 0 Å². The Labute approximate surface area is 128 Å². The third-order valence-electron chi connectivity index (χ3n) is 4.93. The summed E-state index contributed by atoms with van der Waals surface area (Å²) in [4.78, 5) is 14.8. The van der Waals surface area contributed by atoms with Gasteiger partial charge < -0.3 is 0 Å². The maximum atomic E-state index is 12.3. The molecule has 0 bridgehead atoms. The van der Waals surface area contributed by atoms with Gasteiger partial charge in [0, 0.05) is 19.5 Å². The van der Waals surface area contributed by atoms with Crippen molar-refractivity contribution in [3.8, 4) is 0 Å². The van der Waals surface area contributed by atoms with Gasteiger partial charge in [0.05, 0.1) is 5.54 Å². The van der Waals surface area contributed by atoms with Crippen molar-refractivity contribution in [2.45, 2.75) is 50.5 Å². The Balaban J connectivity index is 0.00000147. The van der Waals surface area contributed by atoms with E-state index in [0.717, 1.165) is 38.8 Å². The molecule has 0 N–H and O–H groups in total. The van der Waals surface area contributed by atoms with Crippen LogP contribution in [0.2, 0.25) is 0 Å². The zero-order valence-electron chi connectivity index (χ0n) is 12.0. The molecule has 1 aliphatic heterocycles. The van der Waals surface area contributed by atoms with Crippen LogP contribution in [0.5, 0.6) is 0 Å². The number of ketones is 1. The van der Waals surface area contributed by atoms with E-state index in [-0.39, 0.29) is 17.9 Å². The molecule has 1 aromatic rings. The van der Waals surface area contributed by atoms with Gasteiger partial charge in [-0.25, -0.2) is 0 Å².